The summed E-state index contributed by atoms with van der Waals surface area (Å²) < 4.78 is 1.61. The van der Waals surface area contributed by atoms with Gasteiger partial charge in [-0.2, -0.15) is 0 Å². The number of benzene rings is 2. The van der Waals surface area contributed by atoms with Gasteiger partial charge in [0.25, 0.3) is 11.8 Å². The standard InChI is InChI=1S/C23H21N5O2/c1-27(2)18-13-11-17(12-14-18)24-22(29)20-19-10-6-7-15-28(19)21(26-20)23(30)25-16-8-4-3-5-9-16/h3-15H,1-2H3,(H,24,29)(H,25,30). The van der Waals surface area contributed by atoms with E-state index in [1.807, 2.05) is 61.5 Å². The summed E-state index contributed by atoms with van der Waals surface area (Å²) in [5, 5.41) is 5.66. The monoisotopic (exact) mass is 399 g/mol. The average Bonchev–Trinajstić information content (AvgIpc) is 3.15. The Morgan fingerprint density at radius 1 is 0.800 bits per heavy atom. The van der Waals surface area contributed by atoms with Crippen LogP contribution in [0.1, 0.15) is 21.1 Å². The van der Waals surface area contributed by atoms with Crippen LogP contribution < -0.4 is 15.5 Å². The van der Waals surface area contributed by atoms with Crippen molar-refractivity contribution in [2.45, 2.75) is 0 Å². The molecule has 2 heterocycles. The van der Waals surface area contributed by atoms with Gasteiger partial charge in [-0.25, -0.2) is 4.98 Å². The Balaban J connectivity index is 1.62. The lowest BCUT2D eigenvalue weighted by Gasteiger charge is -2.12. The van der Waals surface area contributed by atoms with E-state index >= 15 is 0 Å². The molecule has 0 saturated carbocycles. The summed E-state index contributed by atoms with van der Waals surface area (Å²) in [6.45, 7) is 0. The summed E-state index contributed by atoms with van der Waals surface area (Å²) in [6, 6.07) is 22.0. The second kappa shape index (κ2) is 8.08. The predicted octanol–water partition coefficient (Wildman–Crippen LogP) is 3.90. The number of imidazole rings is 1. The molecule has 0 aliphatic heterocycles. The van der Waals surface area contributed by atoms with E-state index in [0.29, 0.717) is 16.9 Å². The Labute approximate surface area is 174 Å². The molecule has 0 unspecified atom stereocenters. The first-order valence-electron chi connectivity index (χ1n) is 9.45. The van der Waals surface area contributed by atoms with Gasteiger partial charge in [-0.1, -0.05) is 24.3 Å². The first-order valence-corrected chi connectivity index (χ1v) is 9.45. The number of nitrogens with one attached hydrogen (secondary N) is 2. The molecule has 4 rings (SSSR count). The topological polar surface area (TPSA) is 78.7 Å². The van der Waals surface area contributed by atoms with Crippen molar-refractivity contribution < 1.29 is 9.59 Å². The normalized spacial score (nSPS) is 10.6. The van der Waals surface area contributed by atoms with Crippen molar-refractivity contribution in [2.75, 3.05) is 29.6 Å². The Morgan fingerprint density at radius 3 is 2.13 bits per heavy atom. The SMILES string of the molecule is CN(C)c1ccc(NC(=O)c2nc(C(=O)Nc3ccccc3)n3ccccc23)cc1. The number of carbonyl (C=O) groups is 2. The smallest absolute Gasteiger partial charge is 0.292 e. The van der Waals surface area contributed by atoms with E-state index in [0.717, 1.165) is 5.69 Å². The van der Waals surface area contributed by atoms with Crippen molar-refractivity contribution in [2.24, 2.45) is 0 Å². The maximum Gasteiger partial charge on any atom is 0.292 e. The van der Waals surface area contributed by atoms with Crippen LogP contribution in [-0.2, 0) is 0 Å². The molecule has 30 heavy (non-hydrogen) atoms. The fraction of sp³-hybridized carbons (Fsp3) is 0.0870. The predicted molar refractivity (Wildman–Crippen MR) is 118 cm³/mol. The van der Waals surface area contributed by atoms with Crippen LogP contribution in [0.15, 0.2) is 79.0 Å². The van der Waals surface area contributed by atoms with E-state index in [4.69, 9.17) is 0 Å². The van der Waals surface area contributed by atoms with E-state index in [1.165, 1.54) is 0 Å². The van der Waals surface area contributed by atoms with Crippen LogP contribution in [0.25, 0.3) is 5.52 Å². The summed E-state index contributed by atoms with van der Waals surface area (Å²) >= 11 is 0. The molecule has 0 atom stereocenters. The van der Waals surface area contributed by atoms with Gasteiger partial charge in [0, 0.05) is 37.4 Å². The lowest BCUT2D eigenvalue weighted by molar-refractivity contribution is 0.101. The molecule has 0 aliphatic rings. The fourth-order valence-corrected chi connectivity index (χ4v) is 3.11. The number of nitrogens with zero attached hydrogens (tertiary/aromatic N) is 3. The number of carbonyl (C=O) groups excluding carboxylic acids is 2. The third-order valence-corrected chi connectivity index (χ3v) is 4.64. The van der Waals surface area contributed by atoms with Crippen LogP contribution in [0.4, 0.5) is 17.1 Å². The minimum Gasteiger partial charge on any atom is -0.378 e. The minimum atomic E-state index is -0.392. The number of hydrogen-bond acceptors (Lipinski definition) is 4. The van der Waals surface area contributed by atoms with Gasteiger partial charge in [0.2, 0.25) is 5.82 Å². The van der Waals surface area contributed by atoms with Crippen LogP contribution >= 0.6 is 0 Å². The molecule has 7 nitrogen and oxygen atoms in total. The Kier molecular flexibility index (Phi) is 5.17. The Bertz CT molecular complexity index is 1200. The van der Waals surface area contributed by atoms with Gasteiger partial charge < -0.3 is 15.5 Å². The number of para-hydroxylation sites is 1. The van der Waals surface area contributed by atoms with Gasteiger partial charge >= 0.3 is 0 Å². The number of rotatable bonds is 5. The highest BCUT2D eigenvalue weighted by molar-refractivity contribution is 6.10. The number of hydrogen-bond donors (Lipinski definition) is 2. The van der Waals surface area contributed by atoms with Crippen molar-refractivity contribution in [1.29, 1.82) is 0 Å². The minimum absolute atomic E-state index is 0.141. The fourth-order valence-electron chi connectivity index (χ4n) is 3.11. The highest BCUT2D eigenvalue weighted by atomic mass is 16.2. The Morgan fingerprint density at radius 2 is 1.43 bits per heavy atom. The summed E-state index contributed by atoms with van der Waals surface area (Å²) in [7, 11) is 3.90. The molecule has 7 heteroatoms. The molecule has 0 spiro atoms. The summed E-state index contributed by atoms with van der Waals surface area (Å²) in [6.07, 6.45) is 1.71. The second-order valence-corrected chi connectivity index (χ2v) is 6.96. The molecule has 0 radical (unpaired) electrons. The van der Waals surface area contributed by atoms with Crippen molar-refractivity contribution in [3.05, 3.63) is 90.5 Å². The maximum atomic E-state index is 12.9. The van der Waals surface area contributed by atoms with Crippen molar-refractivity contribution in [3.63, 3.8) is 0 Å². The molecule has 0 bridgehead atoms. The number of pyridine rings is 1. The van der Waals surface area contributed by atoms with Crippen LogP contribution in [0, 0.1) is 0 Å². The van der Waals surface area contributed by atoms with Crippen LogP contribution in [0.2, 0.25) is 0 Å². The van der Waals surface area contributed by atoms with Gasteiger partial charge in [-0.3, -0.25) is 14.0 Å². The van der Waals surface area contributed by atoms with Gasteiger partial charge in [0.1, 0.15) is 0 Å². The van der Waals surface area contributed by atoms with Crippen molar-refractivity contribution in [3.8, 4) is 0 Å². The van der Waals surface area contributed by atoms with E-state index in [1.54, 1.807) is 40.9 Å². The number of fused-ring (bicyclic) bond motifs is 1. The zero-order valence-corrected chi connectivity index (χ0v) is 16.7. The van der Waals surface area contributed by atoms with E-state index in [9.17, 15) is 9.59 Å². The molecule has 2 N–H and O–H groups in total. The van der Waals surface area contributed by atoms with Gasteiger partial charge in [0.05, 0.1) is 5.52 Å². The van der Waals surface area contributed by atoms with E-state index in [2.05, 4.69) is 15.6 Å². The van der Waals surface area contributed by atoms with E-state index < -0.39 is 5.91 Å². The number of amides is 2. The quantitative estimate of drug-likeness (QED) is 0.533. The Hall–Kier alpha value is -4.13. The molecule has 2 amide bonds. The van der Waals surface area contributed by atoms with Gasteiger partial charge in [0.15, 0.2) is 5.69 Å². The average molecular weight is 399 g/mol. The molecule has 0 aliphatic carbocycles. The zero-order valence-electron chi connectivity index (χ0n) is 16.7. The van der Waals surface area contributed by atoms with Crippen LogP contribution in [-0.4, -0.2) is 35.3 Å². The zero-order chi connectivity index (χ0) is 21.1. The van der Waals surface area contributed by atoms with Gasteiger partial charge in [-0.05, 0) is 48.5 Å². The third kappa shape index (κ3) is 3.86. The highest BCUT2D eigenvalue weighted by Crippen LogP contribution is 2.19. The third-order valence-electron chi connectivity index (χ3n) is 4.64. The van der Waals surface area contributed by atoms with Crippen LogP contribution in [0.3, 0.4) is 0 Å². The largest absolute Gasteiger partial charge is 0.378 e. The summed E-state index contributed by atoms with van der Waals surface area (Å²) in [5.74, 6) is -0.630. The number of anilines is 3. The molecular weight excluding hydrogens is 378 g/mol. The first kappa shape index (κ1) is 19.2. The number of aromatic nitrogens is 2. The van der Waals surface area contributed by atoms with Crippen LogP contribution in [0.5, 0.6) is 0 Å². The van der Waals surface area contributed by atoms with Gasteiger partial charge in [-0.15, -0.1) is 0 Å². The molecule has 0 fully saturated rings. The van der Waals surface area contributed by atoms with Crippen molar-refractivity contribution in [1.82, 2.24) is 9.38 Å². The van der Waals surface area contributed by atoms with E-state index in [-0.39, 0.29) is 17.4 Å². The highest BCUT2D eigenvalue weighted by Gasteiger charge is 2.21. The summed E-state index contributed by atoms with van der Waals surface area (Å²) in [4.78, 5) is 32.0. The molecule has 150 valence electrons. The molecule has 2 aromatic heterocycles. The van der Waals surface area contributed by atoms with Crippen molar-refractivity contribution >= 4 is 34.4 Å². The maximum absolute atomic E-state index is 12.9. The second-order valence-electron chi connectivity index (χ2n) is 6.96. The lowest BCUT2D eigenvalue weighted by atomic mass is 10.2. The first-order chi connectivity index (χ1) is 14.5. The lowest BCUT2D eigenvalue weighted by Crippen LogP contribution is -2.16. The summed E-state index contributed by atoms with van der Waals surface area (Å²) in [5.41, 5.74) is 3.07. The molecule has 4 aromatic rings. The molecule has 2 aromatic carbocycles. The molecule has 0 saturated heterocycles. The molecular formula is C23H21N5O2.